The van der Waals surface area contributed by atoms with Gasteiger partial charge in [0.15, 0.2) is 0 Å². The van der Waals surface area contributed by atoms with E-state index in [2.05, 4.69) is 41.4 Å². The summed E-state index contributed by atoms with van der Waals surface area (Å²) in [5.74, 6) is 0.568. The van der Waals surface area contributed by atoms with Crippen LogP contribution < -0.4 is 0 Å². The van der Waals surface area contributed by atoms with Crippen LogP contribution in [0.3, 0.4) is 0 Å². The molecule has 1 unspecified atom stereocenters. The zero-order chi connectivity index (χ0) is 14.9. The molecule has 0 saturated carbocycles. The molecule has 21 heavy (non-hydrogen) atoms. The number of nitrogens with one attached hydrogen (secondary N) is 1. The first-order valence-corrected chi connectivity index (χ1v) is 8.62. The molecular formula is C18H29N3. The molecule has 0 radical (unpaired) electrons. The van der Waals surface area contributed by atoms with Crippen molar-refractivity contribution in [2.75, 3.05) is 0 Å². The van der Waals surface area contributed by atoms with Crippen LogP contribution in [0.15, 0.2) is 18.2 Å². The van der Waals surface area contributed by atoms with Gasteiger partial charge in [0, 0.05) is 0 Å². The third-order valence-electron chi connectivity index (χ3n) is 4.40. The van der Waals surface area contributed by atoms with E-state index in [1.54, 1.807) is 0 Å². The highest BCUT2D eigenvalue weighted by atomic mass is 15.3. The minimum absolute atomic E-state index is 0.568. The third-order valence-corrected chi connectivity index (χ3v) is 4.40. The topological polar surface area (TPSA) is 41.6 Å². The van der Waals surface area contributed by atoms with Gasteiger partial charge in [-0.15, -0.1) is 0 Å². The molecule has 1 heterocycles. The highest BCUT2D eigenvalue weighted by molar-refractivity contribution is 5.77. The molecule has 2 aromatic rings. The van der Waals surface area contributed by atoms with E-state index >= 15 is 0 Å². The average molecular weight is 287 g/mol. The lowest BCUT2D eigenvalue weighted by Crippen LogP contribution is -1.95. The summed E-state index contributed by atoms with van der Waals surface area (Å²) in [6.07, 6.45) is 12.3. The fourth-order valence-electron chi connectivity index (χ4n) is 3.03. The lowest BCUT2D eigenvalue weighted by Gasteiger charge is -2.12. The van der Waals surface area contributed by atoms with Gasteiger partial charge >= 0.3 is 0 Å². The zero-order valence-corrected chi connectivity index (χ0v) is 13.6. The normalized spacial score (nSPS) is 12.9. The van der Waals surface area contributed by atoms with Gasteiger partial charge in [-0.3, -0.25) is 0 Å². The van der Waals surface area contributed by atoms with E-state index < -0.39 is 0 Å². The second-order valence-electron chi connectivity index (χ2n) is 6.20. The second kappa shape index (κ2) is 8.81. The maximum absolute atomic E-state index is 4.29. The Kier molecular flexibility index (Phi) is 6.71. The molecule has 1 N–H and O–H groups in total. The van der Waals surface area contributed by atoms with Crippen molar-refractivity contribution in [1.29, 1.82) is 0 Å². The Morgan fingerprint density at radius 1 is 0.952 bits per heavy atom. The first-order chi connectivity index (χ1) is 10.3. The lowest BCUT2D eigenvalue weighted by atomic mass is 9.93. The summed E-state index contributed by atoms with van der Waals surface area (Å²) in [7, 11) is 0. The van der Waals surface area contributed by atoms with Crippen molar-refractivity contribution < 1.29 is 0 Å². The zero-order valence-electron chi connectivity index (χ0n) is 13.6. The smallest absolute Gasteiger partial charge is 0.116 e. The van der Waals surface area contributed by atoms with E-state index in [0.717, 1.165) is 11.0 Å². The van der Waals surface area contributed by atoms with Gasteiger partial charge in [-0.25, -0.2) is 0 Å². The Hall–Kier alpha value is -1.38. The molecule has 0 aliphatic carbocycles. The predicted octanol–water partition coefficient (Wildman–Crippen LogP) is 5.59. The number of aromatic amines is 1. The molecule has 3 nitrogen and oxygen atoms in total. The van der Waals surface area contributed by atoms with Gasteiger partial charge in [0.25, 0.3) is 0 Å². The van der Waals surface area contributed by atoms with Gasteiger partial charge in [0.2, 0.25) is 0 Å². The molecule has 3 heteroatoms. The minimum atomic E-state index is 0.568. The number of aromatic nitrogens is 3. The maximum atomic E-state index is 4.29. The van der Waals surface area contributed by atoms with Crippen LogP contribution in [-0.2, 0) is 0 Å². The number of nitrogens with zero attached hydrogens (tertiary/aromatic N) is 2. The molecule has 116 valence electrons. The molecule has 1 aromatic carbocycles. The van der Waals surface area contributed by atoms with Crippen LogP contribution in [0, 0.1) is 0 Å². The monoisotopic (exact) mass is 287 g/mol. The van der Waals surface area contributed by atoms with Crippen molar-refractivity contribution in [3.8, 4) is 0 Å². The van der Waals surface area contributed by atoms with Crippen molar-refractivity contribution in [2.24, 2.45) is 0 Å². The number of hydrogen-bond acceptors (Lipinski definition) is 2. The second-order valence-corrected chi connectivity index (χ2v) is 6.20. The fourth-order valence-corrected chi connectivity index (χ4v) is 3.03. The van der Waals surface area contributed by atoms with Crippen LogP contribution in [0.2, 0.25) is 0 Å². The summed E-state index contributed by atoms with van der Waals surface area (Å²) in [4.78, 5) is 0. The third kappa shape index (κ3) is 4.83. The number of fused-ring (bicyclic) bond motifs is 1. The number of para-hydroxylation sites is 1. The average Bonchev–Trinajstić information content (AvgIpc) is 2.98. The van der Waals surface area contributed by atoms with Crippen LogP contribution in [0.5, 0.6) is 0 Å². The lowest BCUT2D eigenvalue weighted by molar-refractivity contribution is 0.544. The molecule has 0 aliphatic rings. The Morgan fingerprint density at radius 3 is 2.43 bits per heavy atom. The fraction of sp³-hybridized carbons (Fsp3) is 0.667. The molecule has 0 fully saturated rings. The predicted molar refractivity (Wildman–Crippen MR) is 89.5 cm³/mol. The maximum Gasteiger partial charge on any atom is 0.116 e. The van der Waals surface area contributed by atoms with E-state index in [-0.39, 0.29) is 0 Å². The van der Waals surface area contributed by atoms with Crippen LogP contribution in [0.4, 0.5) is 0 Å². The molecule has 0 aliphatic heterocycles. The van der Waals surface area contributed by atoms with E-state index in [1.807, 2.05) is 6.07 Å². The van der Waals surface area contributed by atoms with Gasteiger partial charge in [-0.05, 0) is 24.0 Å². The van der Waals surface area contributed by atoms with E-state index in [0.29, 0.717) is 5.92 Å². The van der Waals surface area contributed by atoms with E-state index in [9.17, 15) is 0 Å². The number of H-pyrrole nitrogens is 1. The Labute approximate surface area is 128 Å². The van der Waals surface area contributed by atoms with Crippen LogP contribution in [0.1, 0.15) is 83.1 Å². The van der Waals surface area contributed by atoms with Gasteiger partial charge in [-0.1, -0.05) is 77.3 Å². The standard InChI is InChI=1S/C18H29N3/c1-3-4-5-6-7-8-9-10-12-15(2)16-13-11-14-17-18(16)20-21-19-17/h11,13-15H,3-10,12H2,1-2H3,(H,19,20,21). The molecule has 1 atom stereocenters. The Balaban J connectivity index is 1.68. The summed E-state index contributed by atoms with van der Waals surface area (Å²) in [6.45, 7) is 4.58. The Morgan fingerprint density at radius 2 is 1.67 bits per heavy atom. The van der Waals surface area contributed by atoms with Gasteiger partial charge in [0.1, 0.15) is 11.0 Å². The molecule has 0 amide bonds. The highest BCUT2D eigenvalue weighted by Crippen LogP contribution is 2.27. The highest BCUT2D eigenvalue weighted by Gasteiger charge is 2.11. The first-order valence-electron chi connectivity index (χ1n) is 8.62. The van der Waals surface area contributed by atoms with Crippen molar-refractivity contribution in [3.63, 3.8) is 0 Å². The van der Waals surface area contributed by atoms with Gasteiger partial charge < -0.3 is 0 Å². The minimum Gasteiger partial charge on any atom is -0.197 e. The molecule has 0 saturated heterocycles. The number of unbranched alkanes of at least 4 members (excludes halogenated alkanes) is 7. The summed E-state index contributed by atoms with van der Waals surface area (Å²) >= 11 is 0. The SMILES string of the molecule is CCCCCCCCCCC(C)c1cccc2n[nH]nc12. The molecule has 2 rings (SSSR count). The summed E-state index contributed by atoms with van der Waals surface area (Å²) in [6, 6.07) is 6.30. The van der Waals surface area contributed by atoms with Gasteiger partial charge in [0.05, 0.1) is 0 Å². The van der Waals surface area contributed by atoms with E-state index in [4.69, 9.17) is 0 Å². The molecule has 0 bridgehead atoms. The molecular weight excluding hydrogens is 258 g/mol. The van der Waals surface area contributed by atoms with Crippen LogP contribution >= 0.6 is 0 Å². The summed E-state index contributed by atoms with van der Waals surface area (Å²) < 4.78 is 0. The molecule has 0 spiro atoms. The summed E-state index contributed by atoms with van der Waals surface area (Å²) in [5.41, 5.74) is 3.36. The van der Waals surface area contributed by atoms with Crippen molar-refractivity contribution in [1.82, 2.24) is 15.4 Å². The van der Waals surface area contributed by atoms with Crippen molar-refractivity contribution in [2.45, 2.75) is 77.6 Å². The Bertz CT molecular complexity index is 518. The van der Waals surface area contributed by atoms with Crippen LogP contribution in [0.25, 0.3) is 11.0 Å². The number of hydrogen-bond donors (Lipinski definition) is 1. The number of rotatable bonds is 10. The van der Waals surface area contributed by atoms with Crippen molar-refractivity contribution in [3.05, 3.63) is 23.8 Å². The van der Waals surface area contributed by atoms with E-state index in [1.165, 1.54) is 63.4 Å². The number of benzene rings is 1. The largest absolute Gasteiger partial charge is 0.197 e. The van der Waals surface area contributed by atoms with Crippen LogP contribution in [-0.4, -0.2) is 15.4 Å². The quantitative estimate of drug-likeness (QED) is 0.578. The summed E-state index contributed by atoms with van der Waals surface area (Å²) in [5, 5.41) is 11.2. The first kappa shape index (κ1) is 16.0. The van der Waals surface area contributed by atoms with Crippen molar-refractivity contribution >= 4 is 11.0 Å². The van der Waals surface area contributed by atoms with Gasteiger partial charge in [-0.2, -0.15) is 15.4 Å². The molecule has 1 aromatic heterocycles.